The van der Waals surface area contributed by atoms with Gasteiger partial charge in [-0.3, -0.25) is 9.59 Å². The summed E-state index contributed by atoms with van der Waals surface area (Å²) in [6, 6.07) is 9.70. The van der Waals surface area contributed by atoms with Crippen LogP contribution in [0.3, 0.4) is 0 Å². The summed E-state index contributed by atoms with van der Waals surface area (Å²) in [4.78, 5) is 24.2. The summed E-state index contributed by atoms with van der Waals surface area (Å²) in [7, 11) is 2.98. The van der Waals surface area contributed by atoms with Crippen LogP contribution < -0.4 is 30.6 Å². The van der Waals surface area contributed by atoms with Crippen LogP contribution in [0.1, 0.15) is 24.2 Å². The normalized spacial score (nSPS) is 9.97. The number of methoxy groups -OCH3 is 2. The van der Waals surface area contributed by atoms with E-state index in [1.54, 1.807) is 30.3 Å². The van der Waals surface area contributed by atoms with Crippen LogP contribution in [0.2, 0.25) is 0 Å². The second kappa shape index (κ2) is 11.0. The van der Waals surface area contributed by atoms with Crippen LogP contribution in [0.4, 0.5) is 11.4 Å². The second-order valence-electron chi connectivity index (χ2n) is 6.29. The summed E-state index contributed by atoms with van der Waals surface area (Å²) < 4.78 is 15.9. The van der Waals surface area contributed by atoms with Crippen LogP contribution in [0.5, 0.6) is 17.2 Å². The maximum Gasteiger partial charge on any atom is 0.258 e. The lowest BCUT2D eigenvalue weighted by Crippen LogP contribution is -2.34. The molecule has 0 saturated carbocycles. The Morgan fingerprint density at radius 3 is 2.24 bits per heavy atom. The zero-order chi connectivity index (χ0) is 20.7. The topological polar surface area (TPSA) is 112 Å². The van der Waals surface area contributed by atoms with E-state index < -0.39 is 0 Å². The van der Waals surface area contributed by atoms with Crippen molar-refractivity contribution in [2.75, 3.05) is 31.9 Å². The molecule has 2 aromatic carbocycles. The van der Waals surface area contributed by atoms with E-state index in [0.29, 0.717) is 34.2 Å². The van der Waals surface area contributed by atoms with Crippen molar-refractivity contribution in [3.8, 4) is 17.2 Å². The lowest BCUT2D eigenvalue weighted by Gasteiger charge is -2.13. The van der Waals surface area contributed by atoms with E-state index in [4.69, 9.17) is 19.9 Å². The minimum atomic E-state index is -0.341. The van der Waals surface area contributed by atoms with Gasteiger partial charge in [0.05, 0.1) is 19.9 Å². The van der Waals surface area contributed by atoms with Gasteiger partial charge in [-0.25, -0.2) is 0 Å². The van der Waals surface area contributed by atoms with E-state index in [9.17, 15) is 9.59 Å². The molecule has 0 saturated heterocycles. The van der Waals surface area contributed by atoms with Crippen LogP contribution >= 0.6 is 12.4 Å². The molecule has 0 unspecified atom stereocenters. The number of hydrogen-bond acceptors (Lipinski definition) is 6. The maximum absolute atomic E-state index is 12.5. The van der Waals surface area contributed by atoms with E-state index in [0.717, 1.165) is 0 Å². The zero-order valence-electron chi connectivity index (χ0n) is 16.8. The Hall–Kier alpha value is -3.13. The van der Waals surface area contributed by atoms with Gasteiger partial charge in [0.25, 0.3) is 11.8 Å². The summed E-state index contributed by atoms with van der Waals surface area (Å²) >= 11 is 0. The minimum Gasteiger partial charge on any atom is -0.495 e. The number of ether oxygens (including phenoxy) is 3. The van der Waals surface area contributed by atoms with E-state index in [1.165, 1.54) is 20.3 Å². The Bertz CT molecular complexity index is 858. The van der Waals surface area contributed by atoms with Gasteiger partial charge in [-0.05, 0) is 50.2 Å². The third-order valence-electron chi connectivity index (χ3n) is 3.72. The minimum absolute atomic E-state index is 0. The number of nitrogen functional groups attached to an aromatic ring is 1. The van der Waals surface area contributed by atoms with Gasteiger partial charge in [0, 0.05) is 17.3 Å². The molecule has 0 fully saturated rings. The number of nitrogens with two attached hydrogens (primary N) is 1. The van der Waals surface area contributed by atoms with Gasteiger partial charge in [0.1, 0.15) is 5.75 Å². The van der Waals surface area contributed by atoms with Crippen LogP contribution in [0.15, 0.2) is 36.4 Å². The number of carbonyl (C=O) groups is 2. The van der Waals surface area contributed by atoms with Gasteiger partial charge in [0.2, 0.25) is 0 Å². The fraction of sp³-hybridized carbons (Fsp3) is 0.300. The average molecular weight is 424 g/mol. The molecule has 158 valence electrons. The largest absolute Gasteiger partial charge is 0.495 e. The predicted octanol–water partition coefficient (Wildman–Crippen LogP) is 2.86. The van der Waals surface area contributed by atoms with Crippen LogP contribution in [-0.4, -0.2) is 38.7 Å². The lowest BCUT2D eigenvalue weighted by atomic mass is 10.1. The van der Waals surface area contributed by atoms with Crippen molar-refractivity contribution in [2.45, 2.75) is 19.9 Å². The van der Waals surface area contributed by atoms with E-state index >= 15 is 0 Å². The maximum atomic E-state index is 12.5. The van der Waals surface area contributed by atoms with Crippen molar-refractivity contribution in [2.24, 2.45) is 0 Å². The van der Waals surface area contributed by atoms with Crippen molar-refractivity contribution in [1.82, 2.24) is 5.32 Å². The molecular formula is C20H26ClN3O5. The molecule has 0 aliphatic rings. The number of nitrogens with one attached hydrogen (secondary N) is 2. The quantitative estimate of drug-likeness (QED) is 0.563. The Kier molecular flexibility index (Phi) is 9.08. The molecule has 2 aromatic rings. The number of carbonyl (C=O) groups excluding carboxylic acids is 2. The third kappa shape index (κ3) is 6.76. The number of hydrogen-bond donors (Lipinski definition) is 3. The SMILES string of the molecule is COc1ccc(NC(=O)c2ccc(OCC(=O)NC(C)C)c(OC)c2)cc1N.Cl. The highest BCUT2D eigenvalue weighted by molar-refractivity contribution is 6.05. The third-order valence-corrected chi connectivity index (χ3v) is 3.72. The molecule has 2 amide bonds. The van der Waals surface area contributed by atoms with Crippen LogP contribution in [-0.2, 0) is 4.79 Å². The monoisotopic (exact) mass is 423 g/mol. The molecule has 0 atom stereocenters. The zero-order valence-corrected chi connectivity index (χ0v) is 17.6. The Balaban J connectivity index is 0.00000420. The summed E-state index contributed by atoms with van der Waals surface area (Å²) in [6.07, 6.45) is 0. The highest BCUT2D eigenvalue weighted by atomic mass is 35.5. The van der Waals surface area contributed by atoms with Crippen molar-refractivity contribution in [3.05, 3.63) is 42.0 Å². The molecule has 2 rings (SSSR count). The molecule has 0 heterocycles. The molecular weight excluding hydrogens is 398 g/mol. The van der Waals surface area contributed by atoms with Crippen LogP contribution in [0, 0.1) is 0 Å². The van der Waals surface area contributed by atoms with E-state index in [-0.39, 0.29) is 36.9 Å². The first kappa shape index (κ1) is 23.9. The van der Waals surface area contributed by atoms with Gasteiger partial charge in [-0.1, -0.05) is 0 Å². The number of anilines is 2. The summed E-state index contributed by atoms with van der Waals surface area (Å²) in [5.74, 6) is 0.663. The highest BCUT2D eigenvalue weighted by Crippen LogP contribution is 2.29. The second-order valence-corrected chi connectivity index (χ2v) is 6.29. The average Bonchev–Trinajstić information content (AvgIpc) is 2.65. The van der Waals surface area contributed by atoms with Gasteiger partial charge < -0.3 is 30.6 Å². The lowest BCUT2D eigenvalue weighted by molar-refractivity contribution is -0.123. The van der Waals surface area contributed by atoms with Crippen molar-refractivity contribution in [3.63, 3.8) is 0 Å². The first-order valence-corrected chi connectivity index (χ1v) is 8.69. The van der Waals surface area contributed by atoms with E-state index in [2.05, 4.69) is 10.6 Å². The fourth-order valence-electron chi connectivity index (χ4n) is 2.45. The highest BCUT2D eigenvalue weighted by Gasteiger charge is 2.13. The smallest absolute Gasteiger partial charge is 0.258 e. The predicted molar refractivity (Wildman–Crippen MR) is 114 cm³/mol. The van der Waals surface area contributed by atoms with Gasteiger partial charge in [0.15, 0.2) is 18.1 Å². The molecule has 0 radical (unpaired) electrons. The van der Waals surface area contributed by atoms with E-state index in [1.807, 2.05) is 13.8 Å². The van der Waals surface area contributed by atoms with Gasteiger partial charge in [-0.2, -0.15) is 0 Å². The van der Waals surface area contributed by atoms with Crippen molar-refractivity contribution >= 4 is 35.6 Å². The molecule has 9 heteroatoms. The molecule has 0 aliphatic heterocycles. The molecule has 0 aliphatic carbocycles. The molecule has 4 N–H and O–H groups in total. The molecule has 29 heavy (non-hydrogen) atoms. The van der Waals surface area contributed by atoms with Crippen molar-refractivity contribution in [1.29, 1.82) is 0 Å². The van der Waals surface area contributed by atoms with Gasteiger partial charge in [-0.15, -0.1) is 12.4 Å². The number of amides is 2. The summed E-state index contributed by atoms with van der Waals surface area (Å²) in [6.45, 7) is 3.58. The fourth-order valence-corrected chi connectivity index (χ4v) is 2.45. The standard InChI is InChI=1S/C20H25N3O5.ClH/c1-12(2)22-19(24)11-28-17-7-5-13(9-18(17)27-4)20(25)23-14-6-8-16(26-3)15(21)10-14;/h5-10,12H,11,21H2,1-4H3,(H,22,24)(H,23,25);1H. The molecule has 0 spiro atoms. The first-order chi connectivity index (χ1) is 13.3. The Labute approximate surface area is 176 Å². The van der Waals surface area contributed by atoms with Crippen LogP contribution in [0.25, 0.3) is 0 Å². The molecule has 0 aromatic heterocycles. The first-order valence-electron chi connectivity index (χ1n) is 8.69. The van der Waals surface area contributed by atoms with Gasteiger partial charge >= 0.3 is 0 Å². The number of halogens is 1. The Morgan fingerprint density at radius 1 is 1.00 bits per heavy atom. The number of rotatable bonds is 8. The summed E-state index contributed by atoms with van der Waals surface area (Å²) in [5.41, 5.74) is 7.17. The summed E-state index contributed by atoms with van der Waals surface area (Å²) in [5, 5.41) is 5.49. The van der Waals surface area contributed by atoms with Crippen molar-refractivity contribution < 1.29 is 23.8 Å². The molecule has 8 nitrogen and oxygen atoms in total. The Morgan fingerprint density at radius 2 is 1.66 bits per heavy atom. The molecule has 0 bridgehead atoms. The number of benzene rings is 2.